The Kier molecular flexibility index (Phi) is 6.41. The summed E-state index contributed by atoms with van der Waals surface area (Å²) in [7, 11) is 0. The van der Waals surface area contributed by atoms with Crippen LogP contribution in [-0.4, -0.2) is 42.0 Å². The number of aryl methyl sites for hydroxylation is 1. The Morgan fingerprint density at radius 2 is 2.00 bits per heavy atom. The van der Waals surface area contributed by atoms with Crippen LogP contribution in [-0.2, 0) is 0 Å². The van der Waals surface area contributed by atoms with Crippen LogP contribution in [0, 0.1) is 18.8 Å². The number of carbonyl (C=O) groups excluding carboxylic acids is 1. The van der Waals surface area contributed by atoms with E-state index in [0.29, 0.717) is 28.5 Å². The number of nitrogens with two attached hydrogens (primary N) is 1. The van der Waals surface area contributed by atoms with Crippen molar-refractivity contribution < 1.29 is 4.79 Å². The number of aromatic nitrogens is 1. The van der Waals surface area contributed by atoms with Crippen LogP contribution in [0.25, 0.3) is 10.8 Å². The fourth-order valence-electron chi connectivity index (χ4n) is 3.79. The van der Waals surface area contributed by atoms with E-state index in [1.165, 1.54) is 12.8 Å². The quantitative estimate of drug-likeness (QED) is 0.611. The summed E-state index contributed by atoms with van der Waals surface area (Å²) >= 11 is 6.17. The number of likely N-dealkylation sites (tertiary alicyclic amines) is 1. The van der Waals surface area contributed by atoms with Gasteiger partial charge in [0.15, 0.2) is 0 Å². The molecule has 2 heterocycles. The molecule has 1 aliphatic rings. The van der Waals surface area contributed by atoms with Crippen LogP contribution in [0.4, 0.5) is 5.82 Å². The van der Waals surface area contributed by atoms with Crippen molar-refractivity contribution in [2.24, 2.45) is 0 Å². The summed E-state index contributed by atoms with van der Waals surface area (Å²) in [5, 5.41) is 5.41. The smallest absolute Gasteiger partial charge is 0.251 e. The van der Waals surface area contributed by atoms with Gasteiger partial charge in [-0.1, -0.05) is 35.6 Å². The number of nitrogens with zero attached hydrogens (tertiary/aromatic N) is 2. The molecule has 0 saturated carbocycles. The molecule has 5 nitrogen and oxygen atoms in total. The van der Waals surface area contributed by atoms with Gasteiger partial charge in [0.2, 0.25) is 0 Å². The second kappa shape index (κ2) is 9.38. The van der Waals surface area contributed by atoms with E-state index in [9.17, 15) is 4.79 Å². The molecule has 4 rings (SSSR count). The van der Waals surface area contributed by atoms with E-state index in [0.717, 1.165) is 41.5 Å². The first-order chi connectivity index (χ1) is 15.0. The Bertz CT molecular complexity index is 1180. The summed E-state index contributed by atoms with van der Waals surface area (Å²) in [6, 6.07) is 11.1. The molecule has 3 aromatic rings. The topological polar surface area (TPSA) is 71.2 Å². The fraction of sp³-hybridized carbons (Fsp3) is 0.280. The van der Waals surface area contributed by atoms with Crippen LogP contribution < -0.4 is 11.1 Å². The molecule has 1 amide bonds. The Morgan fingerprint density at radius 3 is 2.81 bits per heavy atom. The zero-order valence-electron chi connectivity index (χ0n) is 17.5. The molecule has 31 heavy (non-hydrogen) atoms. The van der Waals surface area contributed by atoms with Crippen molar-refractivity contribution in [1.82, 2.24) is 15.2 Å². The number of fused-ring (bicyclic) bond motifs is 1. The fourth-order valence-corrected chi connectivity index (χ4v) is 3.97. The predicted molar refractivity (Wildman–Crippen MR) is 126 cm³/mol. The van der Waals surface area contributed by atoms with Gasteiger partial charge < -0.3 is 16.0 Å². The maximum absolute atomic E-state index is 12.6. The van der Waals surface area contributed by atoms with Crippen LogP contribution in [0.5, 0.6) is 0 Å². The van der Waals surface area contributed by atoms with Crippen LogP contribution in [0.3, 0.4) is 0 Å². The van der Waals surface area contributed by atoms with Gasteiger partial charge in [-0.3, -0.25) is 4.79 Å². The number of rotatable bonds is 4. The predicted octanol–water partition coefficient (Wildman–Crippen LogP) is 4.00. The molecule has 0 spiro atoms. The summed E-state index contributed by atoms with van der Waals surface area (Å²) in [6.07, 6.45) is 4.21. The number of benzene rings is 2. The monoisotopic (exact) mass is 432 g/mol. The maximum atomic E-state index is 12.6. The van der Waals surface area contributed by atoms with Crippen LogP contribution in [0.1, 0.15) is 39.9 Å². The lowest BCUT2D eigenvalue weighted by Crippen LogP contribution is -2.33. The third-order valence-electron chi connectivity index (χ3n) is 5.62. The summed E-state index contributed by atoms with van der Waals surface area (Å²) in [5.41, 5.74) is 9.11. The number of pyridine rings is 1. The molecule has 0 atom stereocenters. The second-order valence-electron chi connectivity index (χ2n) is 7.83. The number of hydrogen-bond acceptors (Lipinski definition) is 4. The first-order valence-corrected chi connectivity index (χ1v) is 10.9. The minimum absolute atomic E-state index is 0.0830. The third-order valence-corrected chi connectivity index (χ3v) is 5.85. The van der Waals surface area contributed by atoms with E-state index in [-0.39, 0.29) is 5.91 Å². The van der Waals surface area contributed by atoms with Gasteiger partial charge in [0.05, 0.1) is 5.56 Å². The average molecular weight is 433 g/mol. The van der Waals surface area contributed by atoms with E-state index in [1.54, 1.807) is 6.20 Å². The van der Waals surface area contributed by atoms with Crippen molar-refractivity contribution >= 4 is 34.1 Å². The van der Waals surface area contributed by atoms with E-state index in [1.807, 2.05) is 43.3 Å². The normalized spacial score (nSPS) is 13.7. The number of nitrogen functional groups attached to an aromatic ring is 1. The Labute approximate surface area is 187 Å². The molecule has 158 valence electrons. The number of halogens is 1. The highest BCUT2D eigenvalue weighted by atomic mass is 35.5. The summed E-state index contributed by atoms with van der Waals surface area (Å²) in [6.45, 7) is 5.75. The lowest BCUT2D eigenvalue weighted by Gasteiger charge is -2.14. The summed E-state index contributed by atoms with van der Waals surface area (Å²) in [4.78, 5) is 19.2. The molecular formula is C25H25ClN4O. The molecule has 2 aromatic carbocycles. The Morgan fingerprint density at radius 1 is 1.19 bits per heavy atom. The van der Waals surface area contributed by atoms with Crippen LogP contribution >= 0.6 is 11.6 Å². The molecule has 1 aliphatic heterocycles. The SMILES string of the molecule is Cc1ccc(C(=O)NCCN2CCCC2)cc1C#Cc1c(N)ncc2ccc(Cl)cc12. The van der Waals surface area contributed by atoms with E-state index in [2.05, 4.69) is 27.0 Å². The van der Waals surface area contributed by atoms with Gasteiger partial charge in [0.25, 0.3) is 5.91 Å². The number of amides is 1. The Hall–Kier alpha value is -3.07. The molecule has 1 fully saturated rings. The zero-order valence-corrected chi connectivity index (χ0v) is 18.3. The molecular weight excluding hydrogens is 408 g/mol. The van der Waals surface area contributed by atoms with Gasteiger partial charge >= 0.3 is 0 Å². The molecule has 0 bridgehead atoms. The minimum atomic E-state index is -0.0830. The zero-order chi connectivity index (χ0) is 21.8. The van der Waals surface area contributed by atoms with Gasteiger partial charge in [-0.25, -0.2) is 4.98 Å². The van der Waals surface area contributed by atoms with Gasteiger partial charge in [-0.05, 0) is 62.7 Å². The molecule has 1 saturated heterocycles. The van der Waals surface area contributed by atoms with Crippen molar-refractivity contribution in [3.8, 4) is 11.8 Å². The number of anilines is 1. The second-order valence-corrected chi connectivity index (χ2v) is 8.27. The highest BCUT2D eigenvalue weighted by Crippen LogP contribution is 2.25. The lowest BCUT2D eigenvalue weighted by atomic mass is 10.0. The van der Waals surface area contributed by atoms with Gasteiger partial charge in [0.1, 0.15) is 5.82 Å². The van der Waals surface area contributed by atoms with Crippen molar-refractivity contribution in [2.75, 3.05) is 31.9 Å². The Balaban J connectivity index is 1.56. The molecule has 6 heteroatoms. The molecule has 1 aromatic heterocycles. The first kappa shape index (κ1) is 21.2. The molecule has 0 radical (unpaired) electrons. The third kappa shape index (κ3) is 4.99. The number of carbonyl (C=O) groups is 1. The van der Waals surface area contributed by atoms with Gasteiger partial charge in [-0.2, -0.15) is 0 Å². The van der Waals surface area contributed by atoms with Crippen molar-refractivity contribution in [2.45, 2.75) is 19.8 Å². The number of hydrogen-bond donors (Lipinski definition) is 2. The van der Waals surface area contributed by atoms with Crippen molar-refractivity contribution in [1.29, 1.82) is 0 Å². The maximum Gasteiger partial charge on any atom is 0.251 e. The largest absolute Gasteiger partial charge is 0.383 e. The van der Waals surface area contributed by atoms with Crippen molar-refractivity contribution in [3.05, 3.63) is 69.9 Å². The highest BCUT2D eigenvalue weighted by Gasteiger charge is 2.12. The number of nitrogens with one attached hydrogen (secondary N) is 1. The van der Waals surface area contributed by atoms with E-state index >= 15 is 0 Å². The van der Waals surface area contributed by atoms with E-state index in [4.69, 9.17) is 17.3 Å². The highest BCUT2D eigenvalue weighted by molar-refractivity contribution is 6.31. The lowest BCUT2D eigenvalue weighted by molar-refractivity contribution is 0.0949. The summed E-state index contributed by atoms with van der Waals surface area (Å²) < 4.78 is 0. The van der Waals surface area contributed by atoms with Crippen LogP contribution in [0.2, 0.25) is 5.02 Å². The molecule has 0 aliphatic carbocycles. The summed E-state index contributed by atoms with van der Waals surface area (Å²) in [5.74, 6) is 6.60. The average Bonchev–Trinajstić information content (AvgIpc) is 3.27. The first-order valence-electron chi connectivity index (χ1n) is 10.5. The van der Waals surface area contributed by atoms with E-state index < -0.39 is 0 Å². The molecule has 0 unspecified atom stereocenters. The van der Waals surface area contributed by atoms with Gasteiger partial charge in [0, 0.05) is 46.2 Å². The van der Waals surface area contributed by atoms with Crippen molar-refractivity contribution in [3.63, 3.8) is 0 Å². The minimum Gasteiger partial charge on any atom is -0.383 e. The molecule has 3 N–H and O–H groups in total. The standard InChI is InChI=1S/C25H25ClN4O/c1-17-4-5-19(25(31)28-10-13-30-11-2-3-12-30)14-18(17)7-9-22-23-15-21(26)8-6-20(23)16-29-24(22)27/h4-6,8,14-16H,2-3,10-13H2,1H3,(H2,27,29)(H,28,31). The van der Waals surface area contributed by atoms with Gasteiger partial charge in [-0.15, -0.1) is 0 Å². The van der Waals surface area contributed by atoms with Crippen LogP contribution in [0.15, 0.2) is 42.6 Å².